The number of benzene rings is 1. The third kappa shape index (κ3) is 2.79. The third-order valence-electron chi connectivity index (χ3n) is 2.43. The van der Waals surface area contributed by atoms with E-state index in [1.165, 1.54) is 23.9 Å². The van der Waals surface area contributed by atoms with Gasteiger partial charge >= 0.3 is 12.1 Å². The minimum Gasteiger partial charge on any atom is -0.475 e. The van der Waals surface area contributed by atoms with Gasteiger partial charge in [-0.3, -0.25) is 0 Å². The smallest absolute Gasteiger partial charge is 0.437 e. The molecule has 1 heterocycles. The van der Waals surface area contributed by atoms with Crippen LogP contribution in [0.4, 0.5) is 13.2 Å². The fraction of sp³-hybridized carbons (Fsp3) is 0.167. The Morgan fingerprint density at radius 3 is 2.30 bits per heavy atom. The maximum Gasteiger partial charge on any atom is 0.437 e. The molecule has 0 amide bonds. The first-order valence-electron chi connectivity index (χ1n) is 5.28. The summed E-state index contributed by atoms with van der Waals surface area (Å²) in [6, 6.07) is 6.39. The van der Waals surface area contributed by atoms with Crippen LogP contribution in [0, 0.1) is 0 Å². The molecule has 0 aliphatic rings. The maximum atomic E-state index is 12.7. The van der Waals surface area contributed by atoms with Gasteiger partial charge in [0.05, 0.1) is 0 Å². The fourth-order valence-corrected chi connectivity index (χ4v) is 1.92. The molecule has 1 aromatic heterocycles. The second kappa shape index (κ2) is 5.20. The molecule has 2 rings (SSSR count). The van der Waals surface area contributed by atoms with Gasteiger partial charge in [0.15, 0.2) is 5.69 Å². The predicted molar refractivity (Wildman–Crippen MR) is 65.7 cm³/mol. The summed E-state index contributed by atoms with van der Waals surface area (Å²) in [5.41, 5.74) is -1.25. The van der Waals surface area contributed by atoms with Crippen LogP contribution in [-0.4, -0.2) is 22.3 Å². The summed E-state index contributed by atoms with van der Waals surface area (Å²) in [7, 11) is 0. The highest BCUT2D eigenvalue weighted by molar-refractivity contribution is 7.98. The molecule has 0 aliphatic heterocycles. The number of alkyl halides is 3. The second-order valence-corrected chi connectivity index (χ2v) is 4.61. The van der Waals surface area contributed by atoms with Crippen LogP contribution in [-0.2, 0) is 6.18 Å². The largest absolute Gasteiger partial charge is 0.475 e. The van der Waals surface area contributed by atoms with Gasteiger partial charge in [0, 0.05) is 10.5 Å². The van der Waals surface area contributed by atoms with Crippen LogP contribution in [0.15, 0.2) is 33.6 Å². The maximum absolute atomic E-state index is 12.7. The summed E-state index contributed by atoms with van der Waals surface area (Å²) in [6.45, 7) is 0. The van der Waals surface area contributed by atoms with E-state index in [0.29, 0.717) is 0 Å². The molecule has 0 saturated carbocycles. The number of halogens is 3. The summed E-state index contributed by atoms with van der Waals surface area (Å²) in [4.78, 5) is 14.9. The molecular formula is C12H8F3NO3S. The zero-order valence-electron chi connectivity index (χ0n) is 10.1. The molecule has 0 radical (unpaired) electrons. The minimum absolute atomic E-state index is 0.279. The molecule has 106 valence electrons. The van der Waals surface area contributed by atoms with Gasteiger partial charge in [-0.2, -0.15) is 13.2 Å². The molecule has 1 N–H and O–H groups in total. The lowest BCUT2D eigenvalue weighted by Crippen LogP contribution is -2.11. The average Bonchev–Trinajstić information content (AvgIpc) is 2.84. The van der Waals surface area contributed by atoms with Crippen molar-refractivity contribution in [2.75, 3.05) is 6.26 Å². The van der Waals surface area contributed by atoms with Crippen molar-refractivity contribution in [3.8, 4) is 11.5 Å². The Morgan fingerprint density at radius 1 is 1.30 bits per heavy atom. The number of hydrogen-bond acceptors (Lipinski definition) is 4. The number of aromatic nitrogens is 1. The van der Waals surface area contributed by atoms with Crippen LogP contribution >= 0.6 is 11.8 Å². The van der Waals surface area contributed by atoms with E-state index in [2.05, 4.69) is 4.98 Å². The van der Waals surface area contributed by atoms with Gasteiger partial charge < -0.3 is 9.52 Å². The van der Waals surface area contributed by atoms with Crippen molar-refractivity contribution in [2.45, 2.75) is 11.1 Å². The van der Waals surface area contributed by atoms with Crippen molar-refractivity contribution in [1.82, 2.24) is 4.98 Å². The van der Waals surface area contributed by atoms with E-state index < -0.39 is 23.6 Å². The van der Waals surface area contributed by atoms with E-state index in [-0.39, 0.29) is 11.5 Å². The monoisotopic (exact) mass is 303 g/mol. The number of nitrogens with zero attached hydrogens (tertiary/aromatic N) is 1. The molecule has 4 nitrogen and oxygen atoms in total. The third-order valence-corrected chi connectivity index (χ3v) is 3.17. The number of aromatic carboxylic acids is 1. The predicted octanol–water partition coefficient (Wildman–Crippen LogP) is 3.78. The highest BCUT2D eigenvalue weighted by Gasteiger charge is 2.41. The molecule has 8 heteroatoms. The number of hydrogen-bond donors (Lipinski definition) is 1. The number of oxazole rings is 1. The van der Waals surface area contributed by atoms with Crippen LogP contribution in [0.1, 0.15) is 16.2 Å². The normalized spacial score (nSPS) is 11.6. The highest BCUT2D eigenvalue weighted by atomic mass is 32.2. The van der Waals surface area contributed by atoms with Crippen molar-refractivity contribution >= 4 is 17.7 Å². The van der Waals surface area contributed by atoms with Gasteiger partial charge in [-0.25, -0.2) is 9.78 Å². The Kier molecular flexibility index (Phi) is 3.76. The van der Waals surface area contributed by atoms with Crippen molar-refractivity contribution in [1.29, 1.82) is 0 Å². The number of thioether (sulfide) groups is 1. The average molecular weight is 303 g/mol. The van der Waals surface area contributed by atoms with E-state index in [1.54, 1.807) is 12.1 Å². The zero-order chi connectivity index (χ0) is 14.9. The molecule has 20 heavy (non-hydrogen) atoms. The minimum atomic E-state index is -4.88. The second-order valence-electron chi connectivity index (χ2n) is 3.73. The number of carboxylic acids is 1. The lowest BCUT2D eigenvalue weighted by Gasteiger charge is -2.00. The number of rotatable bonds is 3. The van der Waals surface area contributed by atoms with E-state index >= 15 is 0 Å². The molecule has 0 atom stereocenters. The summed E-state index contributed by atoms with van der Waals surface area (Å²) >= 11 is 1.47. The summed E-state index contributed by atoms with van der Waals surface area (Å²) < 4.78 is 42.7. The Balaban J connectivity index is 2.50. The highest BCUT2D eigenvalue weighted by Crippen LogP contribution is 2.34. The fourth-order valence-electron chi connectivity index (χ4n) is 1.51. The topological polar surface area (TPSA) is 63.3 Å². The molecule has 0 saturated heterocycles. The van der Waals surface area contributed by atoms with Gasteiger partial charge in [0.1, 0.15) is 0 Å². The van der Waals surface area contributed by atoms with E-state index in [9.17, 15) is 18.0 Å². The molecule has 0 aliphatic carbocycles. The molecule has 1 aromatic carbocycles. The summed E-state index contributed by atoms with van der Waals surface area (Å²) in [5, 5.41) is 8.73. The number of carbonyl (C=O) groups is 1. The zero-order valence-corrected chi connectivity index (χ0v) is 10.9. The van der Waals surface area contributed by atoms with Crippen molar-refractivity contribution in [3.63, 3.8) is 0 Å². The van der Waals surface area contributed by atoms with Crippen molar-refractivity contribution in [3.05, 3.63) is 35.7 Å². The Labute approximate surface area is 115 Å². The van der Waals surface area contributed by atoms with Gasteiger partial charge in [-0.1, -0.05) is 0 Å². The van der Waals surface area contributed by atoms with E-state index in [0.717, 1.165) is 4.90 Å². The molecule has 0 spiro atoms. The molecule has 0 bridgehead atoms. The van der Waals surface area contributed by atoms with E-state index in [4.69, 9.17) is 9.52 Å². The lowest BCUT2D eigenvalue weighted by atomic mass is 10.2. The first-order valence-corrected chi connectivity index (χ1v) is 6.51. The first-order chi connectivity index (χ1) is 9.32. The standard InChI is InChI=1S/C12H8F3NO3S/c1-20-7-4-2-6(3-5-7)10-16-9(12(13,14)15)8(19-10)11(17)18/h2-5H,1H3,(H,17,18). The van der Waals surface area contributed by atoms with Crippen LogP contribution in [0.2, 0.25) is 0 Å². The molecule has 0 unspecified atom stereocenters. The van der Waals surface area contributed by atoms with Crippen molar-refractivity contribution < 1.29 is 27.5 Å². The summed E-state index contributed by atoms with van der Waals surface area (Å²) in [5.74, 6) is -3.39. The van der Waals surface area contributed by atoms with Crippen LogP contribution < -0.4 is 0 Å². The van der Waals surface area contributed by atoms with Crippen LogP contribution in [0.25, 0.3) is 11.5 Å². The van der Waals surface area contributed by atoms with E-state index in [1.807, 2.05) is 6.26 Å². The van der Waals surface area contributed by atoms with Crippen LogP contribution in [0.5, 0.6) is 0 Å². The number of carboxylic acid groups (broad SMARTS) is 1. The first kappa shape index (κ1) is 14.4. The quantitative estimate of drug-likeness (QED) is 0.874. The lowest BCUT2D eigenvalue weighted by molar-refractivity contribution is -0.141. The van der Waals surface area contributed by atoms with Gasteiger partial charge in [0.2, 0.25) is 11.7 Å². The Bertz CT molecular complexity index is 634. The van der Waals surface area contributed by atoms with Gasteiger partial charge in [-0.15, -0.1) is 11.8 Å². The van der Waals surface area contributed by atoms with Gasteiger partial charge in [0.25, 0.3) is 0 Å². The van der Waals surface area contributed by atoms with Gasteiger partial charge in [-0.05, 0) is 30.5 Å². The SMILES string of the molecule is CSc1ccc(-c2nc(C(F)(F)F)c(C(=O)O)o2)cc1. The Hall–Kier alpha value is -1.96. The summed E-state index contributed by atoms with van der Waals surface area (Å²) in [6.07, 6.45) is -3.03. The molecular weight excluding hydrogens is 295 g/mol. The van der Waals surface area contributed by atoms with Crippen molar-refractivity contribution in [2.24, 2.45) is 0 Å². The Morgan fingerprint density at radius 2 is 1.90 bits per heavy atom. The molecule has 2 aromatic rings. The molecule has 0 fully saturated rings. The van der Waals surface area contributed by atoms with Crippen LogP contribution in [0.3, 0.4) is 0 Å².